The number of pyridine rings is 1. The summed E-state index contributed by atoms with van der Waals surface area (Å²) in [6, 6.07) is 14.4. The zero-order valence-electron chi connectivity index (χ0n) is 16.3. The highest BCUT2D eigenvalue weighted by atomic mass is 35.5. The minimum absolute atomic E-state index is 0. The van der Waals surface area contributed by atoms with E-state index < -0.39 is 12.0 Å². The maximum atomic E-state index is 11.9. The van der Waals surface area contributed by atoms with Crippen LogP contribution in [-0.2, 0) is 11.2 Å². The predicted molar refractivity (Wildman–Crippen MR) is 116 cm³/mol. The van der Waals surface area contributed by atoms with Gasteiger partial charge in [0.15, 0.2) is 0 Å². The third kappa shape index (κ3) is 5.71. The minimum Gasteiger partial charge on any atom is -0.548 e. The van der Waals surface area contributed by atoms with Crippen molar-refractivity contribution < 1.29 is 14.6 Å². The summed E-state index contributed by atoms with van der Waals surface area (Å²) < 4.78 is 5.84. The van der Waals surface area contributed by atoms with Crippen LogP contribution in [0.25, 0.3) is 0 Å². The number of hydrogen-bond acceptors (Lipinski definition) is 6. The maximum Gasteiger partial charge on any atom is 0.145 e. The topological polar surface area (TPSA) is 124 Å². The van der Waals surface area contributed by atoms with E-state index in [4.69, 9.17) is 15.9 Å². The van der Waals surface area contributed by atoms with E-state index in [1.54, 1.807) is 54.9 Å². The highest BCUT2D eigenvalue weighted by molar-refractivity contribution is 5.95. The van der Waals surface area contributed by atoms with E-state index >= 15 is 0 Å². The molecule has 4 N–H and O–H groups in total. The molecule has 1 unspecified atom stereocenters. The summed E-state index contributed by atoms with van der Waals surface area (Å²) in [7, 11) is 0. The van der Waals surface area contributed by atoms with Crippen molar-refractivity contribution in [2.24, 2.45) is 5.73 Å². The van der Waals surface area contributed by atoms with Gasteiger partial charge in [-0.2, -0.15) is 0 Å². The van der Waals surface area contributed by atoms with E-state index in [0.29, 0.717) is 34.7 Å². The van der Waals surface area contributed by atoms with Gasteiger partial charge in [0.1, 0.15) is 17.3 Å². The van der Waals surface area contributed by atoms with Crippen LogP contribution in [0.4, 0.5) is 5.69 Å². The lowest BCUT2D eigenvalue weighted by Gasteiger charge is -2.23. The van der Waals surface area contributed by atoms with Crippen LogP contribution in [0, 0.1) is 5.41 Å². The average Bonchev–Trinajstić information content (AvgIpc) is 2.72. The number of nitrogens with zero attached hydrogens (tertiary/aromatic N) is 1. The predicted octanol–water partition coefficient (Wildman–Crippen LogP) is 3.05. The number of carboxylic acid groups (broad SMARTS) is 1. The number of anilines is 1. The molecule has 2 aromatic carbocycles. The van der Waals surface area contributed by atoms with Crippen molar-refractivity contribution in [1.82, 2.24) is 4.98 Å². The number of carbonyl (C=O) groups is 1. The number of benzene rings is 2. The van der Waals surface area contributed by atoms with Gasteiger partial charge in [-0.25, -0.2) is 0 Å². The van der Waals surface area contributed by atoms with Gasteiger partial charge >= 0.3 is 0 Å². The molecule has 156 valence electrons. The van der Waals surface area contributed by atoms with Crippen LogP contribution >= 0.6 is 12.4 Å². The van der Waals surface area contributed by atoms with Gasteiger partial charge in [-0.1, -0.05) is 13.0 Å². The van der Waals surface area contributed by atoms with Crippen molar-refractivity contribution in [2.45, 2.75) is 19.4 Å². The number of aliphatic carboxylic acids is 1. The minimum atomic E-state index is -1.26. The monoisotopic (exact) mass is 425 g/mol. The number of halogens is 1. The molecule has 0 saturated carbocycles. The molecule has 1 atom stereocenters. The molecule has 3 rings (SSSR count). The van der Waals surface area contributed by atoms with E-state index in [1.165, 1.54) is 0 Å². The first-order valence-corrected chi connectivity index (χ1v) is 9.10. The third-order valence-electron chi connectivity index (χ3n) is 4.34. The number of aromatic nitrogens is 1. The van der Waals surface area contributed by atoms with Gasteiger partial charge in [0.05, 0.1) is 18.2 Å². The van der Waals surface area contributed by atoms with Crippen molar-refractivity contribution in [1.29, 1.82) is 5.41 Å². The second-order valence-corrected chi connectivity index (χ2v) is 6.44. The van der Waals surface area contributed by atoms with Crippen molar-refractivity contribution in [3.05, 3.63) is 83.7 Å². The number of carbonyl (C=O) groups excluding carboxylic acids is 1. The fraction of sp³-hybridized carbons (Fsp3) is 0.136. The molecule has 7 nitrogen and oxygen atoms in total. The van der Waals surface area contributed by atoms with Crippen LogP contribution in [-0.4, -0.2) is 16.8 Å². The van der Waals surface area contributed by atoms with Gasteiger partial charge in [0, 0.05) is 17.4 Å². The first-order valence-electron chi connectivity index (χ1n) is 9.10. The van der Waals surface area contributed by atoms with Crippen LogP contribution in [0.3, 0.4) is 0 Å². The molecule has 0 radical (unpaired) electrons. The SMILES string of the molecule is CCc1cc(Oc2cccnc2)cc(C(Nc2ccc(C(=N)N)cc2)C(=O)[O-])c1.Cl. The van der Waals surface area contributed by atoms with Crippen LogP contribution in [0.1, 0.15) is 29.7 Å². The number of amidine groups is 1. The summed E-state index contributed by atoms with van der Waals surface area (Å²) in [5.41, 5.74) is 8.03. The van der Waals surface area contributed by atoms with Gasteiger partial charge in [0.25, 0.3) is 0 Å². The zero-order valence-corrected chi connectivity index (χ0v) is 17.1. The molecule has 3 aromatic rings. The summed E-state index contributed by atoms with van der Waals surface area (Å²) in [5.74, 6) is -0.237. The average molecular weight is 426 g/mol. The van der Waals surface area contributed by atoms with Crippen molar-refractivity contribution in [3.8, 4) is 11.5 Å². The summed E-state index contributed by atoms with van der Waals surface area (Å²) in [6.07, 6.45) is 3.95. The van der Waals surface area contributed by atoms with Crippen molar-refractivity contribution in [2.75, 3.05) is 5.32 Å². The highest BCUT2D eigenvalue weighted by Crippen LogP contribution is 2.28. The maximum absolute atomic E-state index is 11.9. The summed E-state index contributed by atoms with van der Waals surface area (Å²) in [5, 5.41) is 22.3. The number of hydrogen-bond donors (Lipinski definition) is 3. The Balaban J connectivity index is 0.00000320. The number of nitrogen functional groups attached to an aromatic ring is 1. The quantitative estimate of drug-likeness (QED) is 0.376. The molecule has 8 heteroatoms. The summed E-state index contributed by atoms with van der Waals surface area (Å²) >= 11 is 0. The molecule has 0 fully saturated rings. The van der Waals surface area contributed by atoms with Gasteiger partial charge in [-0.3, -0.25) is 10.4 Å². The number of carboxylic acids is 1. The Bertz CT molecular complexity index is 1010. The van der Waals surface area contributed by atoms with Gasteiger partial charge < -0.3 is 25.7 Å². The smallest absolute Gasteiger partial charge is 0.145 e. The molecule has 0 spiro atoms. The van der Waals surface area contributed by atoms with Gasteiger partial charge in [-0.05, 0) is 66.1 Å². The Morgan fingerprint density at radius 3 is 2.50 bits per heavy atom. The van der Waals surface area contributed by atoms with E-state index in [0.717, 1.165) is 5.56 Å². The van der Waals surface area contributed by atoms with Crippen LogP contribution in [0.15, 0.2) is 67.0 Å². The third-order valence-corrected chi connectivity index (χ3v) is 4.34. The Morgan fingerprint density at radius 2 is 1.93 bits per heavy atom. The second-order valence-electron chi connectivity index (χ2n) is 6.44. The van der Waals surface area contributed by atoms with E-state index in [1.807, 2.05) is 19.1 Å². The standard InChI is InChI=1S/C22H22N4O3.ClH/c1-2-14-10-16(12-19(11-14)29-18-4-3-9-25-13-18)20(22(27)28)26-17-7-5-15(6-8-17)21(23)24;/h3-13,20,26H,2H2,1H3,(H3,23,24)(H,27,28);1H/p-1. The molecular weight excluding hydrogens is 404 g/mol. The first kappa shape index (κ1) is 22.7. The second kappa shape index (κ2) is 10.3. The normalized spacial score (nSPS) is 11.1. The highest BCUT2D eigenvalue weighted by Gasteiger charge is 2.15. The van der Waals surface area contributed by atoms with Crippen LogP contribution < -0.4 is 20.9 Å². The Labute approximate surface area is 180 Å². The van der Waals surface area contributed by atoms with E-state index in [-0.39, 0.29) is 18.2 Å². The molecule has 0 aliphatic rings. The number of rotatable bonds is 8. The molecule has 1 heterocycles. The zero-order chi connectivity index (χ0) is 20.8. The van der Waals surface area contributed by atoms with Gasteiger partial charge in [0.2, 0.25) is 0 Å². The molecule has 0 amide bonds. The van der Waals surface area contributed by atoms with Crippen LogP contribution in [0.5, 0.6) is 11.5 Å². The summed E-state index contributed by atoms with van der Waals surface area (Å²) in [4.78, 5) is 15.9. The van der Waals surface area contributed by atoms with E-state index in [2.05, 4.69) is 10.3 Å². The number of ether oxygens (including phenoxy) is 1. The number of aryl methyl sites for hydroxylation is 1. The molecule has 0 bridgehead atoms. The molecule has 1 aromatic heterocycles. The Morgan fingerprint density at radius 1 is 1.20 bits per heavy atom. The van der Waals surface area contributed by atoms with Crippen molar-refractivity contribution in [3.63, 3.8) is 0 Å². The van der Waals surface area contributed by atoms with E-state index in [9.17, 15) is 9.90 Å². The lowest BCUT2D eigenvalue weighted by atomic mass is 10.0. The molecule has 30 heavy (non-hydrogen) atoms. The molecule has 0 aliphatic carbocycles. The Kier molecular flexibility index (Phi) is 7.77. The molecule has 0 aliphatic heterocycles. The first-order chi connectivity index (χ1) is 14.0. The van der Waals surface area contributed by atoms with Gasteiger partial charge in [-0.15, -0.1) is 12.4 Å². The van der Waals surface area contributed by atoms with Crippen LogP contribution in [0.2, 0.25) is 0 Å². The number of nitrogens with one attached hydrogen (secondary N) is 2. The fourth-order valence-electron chi connectivity index (χ4n) is 2.85. The lowest BCUT2D eigenvalue weighted by molar-refractivity contribution is -0.307. The lowest BCUT2D eigenvalue weighted by Crippen LogP contribution is -2.34. The van der Waals surface area contributed by atoms with Crippen molar-refractivity contribution >= 4 is 29.9 Å². The Hall–Kier alpha value is -3.58. The number of nitrogens with two attached hydrogens (primary N) is 1. The fourth-order valence-corrected chi connectivity index (χ4v) is 2.85. The molecule has 0 saturated heterocycles. The summed E-state index contributed by atoms with van der Waals surface area (Å²) in [6.45, 7) is 1.98. The molecular formula is C22H22ClN4O3-. The largest absolute Gasteiger partial charge is 0.548 e.